The zero-order valence-corrected chi connectivity index (χ0v) is 10.4. The smallest absolute Gasteiger partial charge is 0.255 e. The Morgan fingerprint density at radius 2 is 2.53 bits per heavy atom. The first kappa shape index (κ1) is 10.7. The highest BCUT2D eigenvalue weighted by Crippen LogP contribution is 2.48. The van der Waals surface area contributed by atoms with E-state index in [1.54, 1.807) is 6.07 Å². The number of carbonyl (C=O) groups is 1. The maximum Gasteiger partial charge on any atom is 0.255 e. The maximum absolute atomic E-state index is 11.8. The van der Waals surface area contributed by atoms with Crippen molar-refractivity contribution in [1.82, 2.24) is 5.32 Å². The normalized spacial score (nSPS) is 28.9. The predicted molar refractivity (Wildman–Crippen MR) is 60.7 cm³/mol. The van der Waals surface area contributed by atoms with E-state index in [1.165, 1.54) is 6.26 Å². The number of amides is 1. The number of hydrogen-bond donors (Lipinski definition) is 1. The van der Waals surface area contributed by atoms with E-state index in [-0.39, 0.29) is 5.91 Å². The Bertz CT molecular complexity index is 388. The molecule has 1 heterocycles. The first-order valence-corrected chi connectivity index (χ1v) is 5.90. The molecule has 3 nitrogen and oxygen atoms in total. The molecule has 1 aromatic rings. The summed E-state index contributed by atoms with van der Waals surface area (Å²) in [4.78, 5) is 11.8. The van der Waals surface area contributed by atoms with Gasteiger partial charge in [-0.2, -0.15) is 0 Å². The van der Waals surface area contributed by atoms with Gasteiger partial charge in [0.1, 0.15) is 0 Å². The molecule has 0 aliphatic heterocycles. The number of halogens is 1. The number of carbonyl (C=O) groups excluding carboxylic acids is 1. The van der Waals surface area contributed by atoms with Crippen LogP contribution in [0.1, 0.15) is 37.0 Å². The van der Waals surface area contributed by atoms with Crippen molar-refractivity contribution in [3.8, 4) is 0 Å². The fraction of sp³-hybridized carbons (Fsp3) is 0.545. The molecule has 0 bridgehead atoms. The minimum absolute atomic E-state index is 0.0576. The van der Waals surface area contributed by atoms with Gasteiger partial charge in [0.05, 0.1) is 11.8 Å². The Balaban J connectivity index is 1.98. The standard InChI is InChI=1S/C11H14BrNO2/c1-3-11(2)6-8(11)13-10(14)7-4-5-15-9(7)12/h4-5,8H,3,6H2,1-2H3,(H,13,14). The number of rotatable bonds is 3. The Labute approximate surface area is 97.4 Å². The van der Waals surface area contributed by atoms with Crippen molar-refractivity contribution in [2.75, 3.05) is 0 Å². The van der Waals surface area contributed by atoms with Gasteiger partial charge < -0.3 is 9.73 Å². The van der Waals surface area contributed by atoms with Gasteiger partial charge in [-0.3, -0.25) is 4.79 Å². The minimum atomic E-state index is -0.0576. The van der Waals surface area contributed by atoms with Gasteiger partial charge >= 0.3 is 0 Å². The molecule has 15 heavy (non-hydrogen) atoms. The third-order valence-corrected chi connectivity index (χ3v) is 3.94. The topological polar surface area (TPSA) is 42.2 Å². The Kier molecular flexibility index (Phi) is 2.63. The number of nitrogens with one attached hydrogen (secondary N) is 1. The molecule has 0 aromatic carbocycles. The fourth-order valence-corrected chi connectivity index (χ4v) is 2.14. The molecule has 1 fully saturated rings. The Morgan fingerprint density at radius 1 is 1.80 bits per heavy atom. The van der Waals surface area contributed by atoms with E-state index in [0.717, 1.165) is 12.8 Å². The van der Waals surface area contributed by atoms with Crippen LogP contribution in [0.5, 0.6) is 0 Å². The van der Waals surface area contributed by atoms with Crippen molar-refractivity contribution in [1.29, 1.82) is 0 Å². The van der Waals surface area contributed by atoms with Gasteiger partial charge in [-0.15, -0.1) is 0 Å². The molecule has 4 heteroatoms. The lowest BCUT2D eigenvalue weighted by molar-refractivity contribution is 0.0943. The fourth-order valence-electron chi connectivity index (χ4n) is 1.72. The second-order valence-electron chi connectivity index (χ2n) is 4.35. The van der Waals surface area contributed by atoms with Gasteiger partial charge in [-0.05, 0) is 40.3 Å². The van der Waals surface area contributed by atoms with Crippen LogP contribution in [-0.4, -0.2) is 11.9 Å². The van der Waals surface area contributed by atoms with E-state index in [1.807, 2.05) is 0 Å². The summed E-state index contributed by atoms with van der Waals surface area (Å²) < 4.78 is 5.52. The molecule has 2 rings (SSSR count). The van der Waals surface area contributed by atoms with Gasteiger partial charge in [0, 0.05) is 6.04 Å². The van der Waals surface area contributed by atoms with Crippen molar-refractivity contribution in [3.05, 3.63) is 22.6 Å². The second-order valence-corrected chi connectivity index (χ2v) is 5.07. The summed E-state index contributed by atoms with van der Waals surface area (Å²) >= 11 is 3.20. The molecule has 1 N–H and O–H groups in total. The lowest BCUT2D eigenvalue weighted by atomic mass is 10.1. The molecule has 0 saturated heterocycles. The largest absolute Gasteiger partial charge is 0.457 e. The summed E-state index contributed by atoms with van der Waals surface area (Å²) in [5, 5.41) is 3.01. The van der Waals surface area contributed by atoms with Gasteiger partial charge in [-0.1, -0.05) is 13.8 Å². The summed E-state index contributed by atoms with van der Waals surface area (Å²) in [5.41, 5.74) is 0.867. The van der Waals surface area contributed by atoms with Gasteiger partial charge in [0.2, 0.25) is 0 Å². The molecule has 1 amide bonds. The van der Waals surface area contributed by atoms with Crippen LogP contribution in [-0.2, 0) is 0 Å². The molecular weight excluding hydrogens is 258 g/mol. The van der Waals surface area contributed by atoms with Crippen molar-refractivity contribution in [2.45, 2.75) is 32.7 Å². The van der Waals surface area contributed by atoms with Crippen LogP contribution in [0.25, 0.3) is 0 Å². The van der Waals surface area contributed by atoms with Gasteiger partial charge in [0.25, 0.3) is 5.91 Å². The van der Waals surface area contributed by atoms with E-state index < -0.39 is 0 Å². The molecule has 0 spiro atoms. The van der Waals surface area contributed by atoms with Crippen molar-refractivity contribution < 1.29 is 9.21 Å². The molecule has 82 valence electrons. The lowest BCUT2D eigenvalue weighted by Crippen LogP contribution is -2.28. The van der Waals surface area contributed by atoms with Crippen LogP contribution < -0.4 is 5.32 Å². The first-order chi connectivity index (χ1) is 7.07. The lowest BCUT2D eigenvalue weighted by Gasteiger charge is -2.08. The van der Waals surface area contributed by atoms with Crippen LogP contribution in [0.3, 0.4) is 0 Å². The van der Waals surface area contributed by atoms with Crippen molar-refractivity contribution in [2.24, 2.45) is 5.41 Å². The zero-order chi connectivity index (χ0) is 11.1. The number of hydrogen-bond acceptors (Lipinski definition) is 2. The average Bonchev–Trinajstić information content (AvgIpc) is 2.65. The summed E-state index contributed by atoms with van der Waals surface area (Å²) in [6, 6.07) is 1.99. The SMILES string of the molecule is CCC1(C)CC1NC(=O)c1ccoc1Br. The average molecular weight is 272 g/mol. The second kappa shape index (κ2) is 3.67. The van der Waals surface area contributed by atoms with E-state index in [4.69, 9.17) is 4.42 Å². The van der Waals surface area contributed by atoms with Crippen molar-refractivity contribution in [3.63, 3.8) is 0 Å². The van der Waals surface area contributed by atoms with E-state index >= 15 is 0 Å². The zero-order valence-electron chi connectivity index (χ0n) is 8.84. The highest BCUT2D eigenvalue weighted by molar-refractivity contribution is 9.10. The molecule has 2 unspecified atom stereocenters. The summed E-state index contributed by atoms with van der Waals surface area (Å²) in [7, 11) is 0. The summed E-state index contributed by atoms with van der Waals surface area (Å²) in [6.07, 6.45) is 3.68. The maximum atomic E-state index is 11.8. The predicted octanol–water partition coefficient (Wildman–Crippen LogP) is 2.96. The van der Waals surface area contributed by atoms with Crippen LogP contribution in [0.15, 0.2) is 21.4 Å². The molecule has 2 atom stereocenters. The Morgan fingerprint density at radius 3 is 3.00 bits per heavy atom. The van der Waals surface area contributed by atoms with E-state index in [0.29, 0.717) is 21.7 Å². The molecule has 1 saturated carbocycles. The van der Waals surface area contributed by atoms with Crippen molar-refractivity contribution >= 4 is 21.8 Å². The highest BCUT2D eigenvalue weighted by Gasteiger charge is 2.49. The monoisotopic (exact) mass is 271 g/mol. The first-order valence-electron chi connectivity index (χ1n) is 5.10. The molecule has 1 aliphatic rings. The molecule has 0 radical (unpaired) electrons. The summed E-state index contributed by atoms with van der Waals surface area (Å²) in [5.74, 6) is -0.0576. The third-order valence-electron chi connectivity index (χ3n) is 3.33. The molecule has 1 aromatic heterocycles. The third kappa shape index (κ3) is 1.95. The van der Waals surface area contributed by atoms with Crippen LogP contribution >= 0.6 is 15.9 Å². The van der Waals surface area contributed by atoms with Crippen LogP contribution in [0.2, 0.25) is 0 Å². The van der Waals surface area contributed by atoms with Crippen LogP contribution in [0, 0.1) is 5.41 Å². The molecule has 1 aliphatic carbocycles. The molecular formula is C11H14BrNO2. The van der Waals surface area contributed by atoms with E-state index in [9.17, 15) is 4.79 Å². The van der Waals surface area contributed by atoms with Gasteiger partial charge in [0.15, 0.2) is 4.67 Å². The number of furan rings is 1. The van der Waals surface area contributed by atoms with E-state index in [2.05, 4.69) is 35.1 Å². The van der Waals surface area contributed by atoms with Crippen LogP contribution in [0.4, 0.5) is 0 Å². The highest BCUT2D eigenvalue weighted by atomic mass is 79.9. The van der Waals surface area contributed by atoms with Gasteiger partial charge in [-0.25, -0.2) is 0 Å². The Hall–Kier alpha value is -0.770. The minimum Gasteiger partial charge on any atom is -0.457 e. The summed E-state index contributed by atoms with van der Waals surface area (Å²) in [6.45, 7) is 4.35. The quantitative estimate of drug-likeness (QED) is 0.919.